The lowest BCUT2D eigenvalue weighted by atomic mass is 10.1. The zero-order valence-corrected chi connectivity index (χ0v) is 13.6. The summed E-state index contributed by atoms with van der Waals surface area (Å²) in [5.74, 6) is -1.13. The molecule has 0 aliphatic carbocycles. The van der Waals surface area contributed by atoms with Crippen molar-refractivity contribution in [1.29, 1.82) is 0 Å². The summed E-state index contributed by atoms with van der Waals surface area (Å²) in [6.07, 6.45) is 0.109. The highest BCUT2D eigenvalue weighted by atomic mass is 35.5. The fourth-order valence-electron chi connectivity index (χ4n) is 1.70. The summed E-state index contributed by atoms with van der Waals surface area (Å²) in [5.41, 5.74) is 5.86. The van der Waals surface area contributed by atoms with Crippen LogP contribution in [0.2, 0.25) is 10.0 Å². The molecule has 22 heavy (non-hydrogen) atoms. The molecule has 3 N–H and O–H groups in total. The molecule has 0 fully saturated rings. The van der Waals surface area contributed by atoms with Crippen LogP contribution in [-0.2, 0) is 25.5 Å². The van der Waals surface area contributed by atoms with Gasteiger partial charge in [0.2, 0.25) is 11.8 Å². The Balaban J connectivity index is 2.63. The molecule has 2 amide bonds. The number of carbonyl (C=O) groups is 2. The van der Waals surface area contributed by atoms with E-state index in [0.717, 1.165) is 0 Å². The molecular weight excluding hydrogens is 331 g/mol. The Morgan fingerprint density at radius 1 is 1.27 bits per heavy atom. The molecule has 0 aliphatic rings. The Bertz CT molecular complexity index is 505. The summed E-state index contributed by atoms with van der Waals surface area (Å²) in [7, 11) is 1.53. The quantitative estimate of drug-likeness (QED) is 0.655. The highest BCUT2D eigenvalue weighted by Gasteiger charge is 2.21. The van der Waals surface area contributed by atoms with E-state index in [1.54, 1.807) is 18.2 Å². The second kappa shape index (κ2) is 9.63. The minimum atomic E-state index is -0.920. The van der Waals surface area contributed by atoms with E-state index >= 15 is 0 Å². The Hall–Kier alpha value is -1.34. The van der Waals surface area contributed by atoms with E-state index in [1.807, 2.05) is 0 Å². The van der Waals surface area contributed by atoms with Crippen LogP contribution in [0.1, 0.15) is 5.56 Å². The number of methoxy groups -OCH3 is 1. The Kier molecular flexibility index (Phi) is 8.19. The SMILES string of the molecule is COCCOCC(=O)N[C@H](Cc1c(Cl)cccc1Cl)C(N)=O. The molecule has 8 heteroatoms. The van der Waals surface area contributed by atoms with E-state index < -0.39 is 17.9 Å². The molecule has 0 aromatic heterocycles. The summed E-state index contributed by atoms with van der Waals surface area (Å²) in [6, 6.07) is 4.07. The highest BCUT2D eigenvalue weighted by molar-refractivity contribution is 6.36. The second-order valence-corrected chi connectivity index (χ2v) is 5.29. The molecule has 0 unspecified atom stereocenters. The van der Waals surface area contributed by atoms with Gasteiger partial charge in [0.15, 0.2) is 0 Å². The average molecular weight is 349 g/mol. The fourth-order valence-corrected chi connectivity index (χ4v) is 2.25. The highest BCUT2D eigenvalue weighted by Crippen LogP contribution is 2.25. The molecule has 1 aromatic carbocycles. The van der Waals surface area contributed by atoms with Gasteiger partial charge in [-0.15, -0.1) is 0 Å². The molecule has 0 bridgehead atoms. The summed E-state index contributed by atoms with van der Waals surface area (Å²) >= 11 is 12.1. The lowest BCUT2D eigenvalue weighted by Gasteiger charge is -2.17. The summed E-state index contributed by atoms with van der Waals surface area (Å²) in [6.45, 7) is 0.465. The summed E-state index contributed by atoms with van der Waals surface area (Å²) < 4.78 is 9.86. The Morgan fingerprint density at radius 3 is 2.45 bits per heavy atom. The molecular formula is C14H18Cl2N2O4. The first kappa shape index (κ1) is 18.7. The van der Waals surface area contributed by atoms with Crippen LogP contribution in [0.3, 0.4) is 0 Å². The minimum absolute atomic E-state index is 0.109. The van der Waals surface area contributed by atoms with Crippen LogP contribution < -0.4 is 11.1 Å². The predicted octanol–water partition coefficient (Wildman–Crippen LogP) is 1.17. The number of hydrogen-bond donors (Lipinski definition) is 2. The Labute approximate surface area is 138 Å². The number of halogens is 2. The van der Waals surface area contributed by atoms with E-state index in [4.69, 9.17) is 38.4 Å². The first-order chi connectivity index (χ1) is 10.5. The fraction of sp³-hybridized carbons (Fsp3) is 0.429. The van der Waals surface area contributed by atoms with Crippen molar-refractivity contribution in [2.45, 2.75) is 12.5 Å². The average Bonchev–Trinajstić information content (AvgIpc) is 2.46. The van der Waals surface area contributed by atoms with Crippen molar-refractivity contribution in [3.05, 3.63) is 33.8 Å². The molecule has 1 rings (SSSR count). The van der Waals surface area contributed by atoms with Crippen LogP contribution in [0.5, 0.6) is 0 Å². The Morgan fingerprint density at radius 2 is 1.91 bits per heavy atom. The largest absolute Gasteiger partial charge is 0.382 e. The van der Waals surface area contributed by atoms with Gasteiger partial charge in [0.1, 0.15) is 12.6 Å². The second-order valence-electron chi connectivity index (χ2n) is 4.47. The van der Waals surface area contributed by atoms with Crippen LogP contribution >= 0.6 is 23.2 Å². The first-order valence-electron chi connectivity index (χ1n) is 6.54. The van der Waals surface area contributed by atoms with Crippen molar-refractivity contribution in [3.63, 3.8) is 0 Å². The predicted molar refractivity (Wildman–Crippen MR) is 84.0 cm³/mol. The van der Waals surface area contributed by atoms with Gasteiger partial charge in [-0.1, -0.05) is 29.3 Å². The van der Waals surface area contributed by atoms with Crippen molar-refractivity contribution in [2.24, 2.45) is 5.73 Å². The molecule has 0 heterocycles. The molecule has 0 radical (unpaired) electrons. The smallest absolute Gasteiger partial charge is 0.246 e. The van der Waals surface area contributed by atoms with Crippen LogP contribution in [0, 0.1) is 0 Å². The van der Waals surface area contributed by atoms with Crippen molar-refractivity contribution in [3.8, 4) is 0 Å². The van der Waals surface area contributed by atoms with Crippen LogP contribution in [-0.4, -0.2) is 44.8 Å². The number of hydrogen-bond acceptors (Lipinski definition) is 4. The monoisotopic (exact) mass is 348 g/mol. The van der Waals surface area contributed by atoms with Gasteiger partial charge in [-0.05, 0) is 17.7 Å². The standard InChI is InChI=1S/C14H18Cl2N2O4/c1-21-5-6-22-8-13(19)18-12(14(17)20)7-9-10(15)3-2-4-11(9)16/h2-4,12H,5-8H2,1H3,(H2,17,20)(H,18,19)/t12-/m1/s1. The topological polar surface area (TPSA) is 90.7 Å². The molecule has 1 atom stereocenters. The molecule has 1 aromatic rings. The van der Waals surface area contributed by atoms with Gasteiger partial charge in [0.05, 0.1) is 13.2 Å². The van der Waals surface area contributed by atoms with Gasteiger partial charge >= 0.3 is 0 Å². The van der Waals surface area contributed by atoms with Crippen molar-refractivity contribution in [1.82, 2.24) is 5.32 Å². The first-order valence-corrected chi connectivity index (χ1v) is 7.29. The van der Waals surface area contributed by atoms with Gasteiger partial charge in [0, 0.05) is 23.6 Å². The van der Waals surface area contributed by atoms with Gasteiger partial charge in [0.25, 0.3) is 0 Å². The minimum Gasteiger partial charge on any atom is -0.382 e. The maximum atomic E-state index is 11.7. The summed E-state index contributed by atoms with van der Waals surface area (Å²) in [4.78, 5) is 23.2. The maximum Gasteiger partial charge on any atom is 0.246 e. The zero-order valence-electron chi connectivity index (χ0n) is 12.1. The van der Waals surface area contributed by atoms with Gasteiger partial charge in [-0.25, -0.2) is 0 Å². The van der Waals surface area contributed by atoms with Gasteiger partial charge in [-0.3, -0.25) is 9.59 Å². The lowest BCUT2D eigenvalue weighted by molar-refractivity contribution is -0.130. The molecule has 0 aliphatic heterocycles. The van der Waals surface area contributed by atoms with Crippen molar-refractivity contribution >= 4 is 35.0 Å². The number of carbonyl (C=O) groups excluding carboxylic acids is 2. The summed E-state index contributed by atoms with van der Waals surface area (Å²) in [5, 5.41) is 3.31. The van der Waals surface area contributed by atoms with E-state index in [1.165, 1.54) is 7.11 Å². The lowest BCUT2D eigenvalue weighted by Crippen LogP contribution is -2.47. The number of rotatable bonds is 9. The van der Waals surface area contributed by atoms with E-state index in [-0.39, 0.29) is 19.6 Å². The molecule has 6 nitrogen and oxygen atoms in total. The number of amides is 2. The normalized spacial score (nSPS) is 12.0. The number of nitrogens with two attached hydrogens (primary N) is 1. The number of nitrogens with one attached hydrogen (secondary N) is 1. The third kappa shape index (κ3) is 6.19. The molecule has 0 spiro atoms. The zero-order chi connectivity index (χ0) is 16.5. The maximum absolute atomic E-state index is 11.7. The molecule has 122 valence electrons. The van der Waals surface area contributed by atoms with E-state index in [9.17, 15) is 9.59 Å². The number of benzene rings is 1. The van der Waals surface area contributed by atoms with Gasteiger partial charge in [-0.2, -0.15) is 0 Å². The van der Waals surface area contributed by atoms with Crippen LogP contribution in [0.4, 0.5) is 0 Å². The molecule has 0 saturated carbocycles. The third-order valence-electron chi connectivity index (χ3n) is 2.81. The van der Waals surface area contributed by atoms with Crippen molar-refractivity contribution in [2.75, 3.05) is 26.9 Å². The molecule has 0 saturated heterocycles. The third-order valence-corrected chi connectivity index (χ3v) is 3.52. The number of primary amides is 1. The van der Waals surface area contributed by atoms with E-state index in [2.05, 4.69) is 5.32 Å². The van der Waals surface area contributed by atoms with Gasteiger partial charge < -0.3 is 20.5 Å². The van der Waals surface area contributed by atoms with Crippen molar-refractivity contribution < 1.29 is 19.1 Å². The number of ether oxygens (including phenoxy) is 2. The van der Waals surface area contributed by atoms with Crippen LogP contribution in [0.25, 0.3) is 0 Å². The van der Waals surface area contributed by atoms with Crippen LogP contribution in [0.15, 0.2) is 18.2 Å². The van der Waals surface area contributed by atoms with E-state index in [0.29, 0.717) is 22.2 Å².